The van der Waals surface area contributed by atoms with E-state index in [1.54, 1.807) is 36.4 Å². The minimum atomic E-state index is -0.481. The summed E-state index contributed by atoms with van der Waals surface area (Å²) in [7, 11) is 0. The van der Waals surface area contributed by atoms with Crippen LogP contribution in [0.3, 0.4) is 0 Å². The number of hydrogen-bond donors (Lipinski definition) is 1. The molecular formula is C23H14ClN5O2. The van der Waals surface area contributed by atoms with Crippen molar-refractivity contribution in [2.45, 2.75) is 0 Å². The summed E-state index contributed by atoms with van der Waals surface area (Å²) in [6.45, 7) is 0. The first-order chi connectivity index (χ1) is 15.1. The molecule has 0 aliphatic rings. The lowest BCUT2D eigenvalue weighted by molar-refractivity contribution is 0.100. The van der Waals surface area contributed by atoms with Gasteiger partial charge in [-0.05, 0) is 30.3 Å². The molecule has 0 radical (unpaired) electrons. The molecule has 2 aromatic heterocycles. The molecule has 0 aliphatic heterocycles. The largest absolute Gasteiger partial charge is 0.366 e. The molecule has 31 heavy (non-hydrogen) atoms. The second-order valence-electron chi connectivity index (χ2n) is 6.82. The van der Waals surface area contributed by atoms with E-state index in [9.17, 15) is 4.79 Å². The van der Waals surface area contributed by atoms with Crippen molar-refractivity contribution >= 4 is 28.3 Å². The fourth-order valence-corrected chi connectivity index (χ4v) is 3.52. The number of hydrogen-bond acceptors (Lipinski definition) is 6. The van der Waals surface area contributed by atoms with Crippen LogP contribution < -0.4 is 5.73 Å². The Kier molecular flexibility index (Phi) is 4.65. The number of rotatable bonds is 4. The molecular weight excluding hydrogens is 414 g/mol. The fraction of sp³-hybridized carbons (Fsp3) is 0. The first kappa shape index (κ1) is 18.9. The van der Waals surface area contributed by atoms with Crippen molar-refractivity contribution < 1.29 is 9.32 Å². The van der Waals surface area contributed by atoms with E-state index in [0.29, 0.717) is 33.7 Å². The van der Waals surface area contributed by atoms with Gasteiger partial charge in [-0.2, -0.15) is 4.98 Å². The van der Waals surface area contributed by atoms with Gasteiger partial charge in [-0.3, -0.25) is 4.79 Å². The van der Waals surface area contributed by atoms with Crippen LogP contribution in [-0.4, -0.2) is 26.2 Å². The van der Waals surface area contributed by atoms with Gasteiger partial charge < -0.3 is 10.3 Å². The van der Waals surface area contributed by atoms with Crippen LogP contribution in [0.2, 0.25) is 5.02 Å². The lowest BCUT2D eigenvalue weighted by atomic mass is 10.0. The number of benzene rings is 3. The summed E-state index contributed by atoms with van der Waals surface area (Å²) < 4.78 is 5.43. The average Bonchev–Trinajstić information content (AvgIpc) is 3.28. The third kappa shape index (κ3) is 3.51. The first-order valence-electron chi connectivity index (χ1n) is 9.36. The van der Waals surface area contributed by atoms with E-state index >= 15 is 0 Å². The Morgan fingerprint density at radius 1 is 0.839 bits per heavy atom. The van der Waals surface area contributed by atoms with Crippen LogP contribution in [0.5, 0.6) is 0 Å². The zero-order valence-electron chi connectivity index (χ0n) is 16.0. The molecule has 5 aromatic rings. The molecule has 0 bridgehead atoms. The van der Waals surface area contributed by atoms with Gasteiger partial charge in [0.05, 0.1) is 0 Å². The van der Waals surface area contributed by atoms with Crippen molar-refractivity contribution in [3.05, 3.63) is 83.4 Å². The van der Waals surface area contributed by atoms with Gasteiger partial charge >= 0.3 is 0 Å². The molecule has 8 heteroatoms. The summed E-state index contributed by atoms with van der Waals surface area (Å²) >= 11 is 6.06. The molecule has 0 fully saturated rings. The van der Waals surface area contributed by atoms with Crippen molar-refractivity contribution in [2.75, 3.05) is 0 Å². The van der Waals surface area contributed by atoms with Crippen LogP contribution in [0, 0.1) is 0 Å². The summed E-state index contributed by atoms with van der Waals surface area (Å²) in [5.74, 6) is 0.189. The Morgan fingerprint density at radius 2 is 1.55 bits per heavy atom. The number of nitrogens with zero attached hydrogens (tertiary/aromatic N) is 4. The quantitative estimate of drug-likeness (QED) is 0.442. The topological polar surface area (TPSA) is 108 Å². The average molecular weight is 428 g/mol. The number of aromatic nitrogens is 4. The predicted octanol–water partition coefficient (Wildman–Crippen LogP) is 4.77. The summed E-state index contributed by atoms with van der Waals surface area (Å²) in [5.41, 5.74) is 8.47. The summed E-state index contributed by atoms with van der Waals surface area (Å²) in [5, 5.41) is 15.2. The second-order valence-corrected chi connectivity index (χ2v) is 7.25. The maximum Gasteiger partial charge on any atom is 0.258 e. The molecule has 0 saturated heterocycles. The van der Waals surface area contributed by atoms with Crippen LogP contribution >= 0.6 is 11.6 Å². The SMILES string of the molecule is NC(=O)c1ccc(-c2nnc(-c3noc(-c4cccc(Cl)c4)n3)c3ccccc23)cc1. The van der Waals surface area contributed by atoms with Crippen molar-refractivity contribution in [1.29, 1.82) is 0 Å². The normalized spacial score (nSPS) is 11.0. The molecule has 0 spiro atoms. The second kappa shape index (κ2) is 7.62. The Bertz CT molecular complexity index is 1430. The van der Waals surface area contributed by atoms with E-state index in [2.05, 4.69) is 20.3 Å². The molecule has 3 aromatic carbocycles. The van der Waals surface area contributed by atoms with Crippen LogP contribution in [0.4, 0.5) is 0 Å². The Morgan fingerprint density at radius 3 is 2.26 bits per heavy atom. The van der Waals surface area contributed by atoms with Crippen LogP contribution in [0.1, 0.15) is 10.4 Å². The maximum atomic E-state index is 11.3. The summed E-state index contributed by atoms with van der Waals surface area (Å²) in [6, 6.07) is 21.8. The van der Waals surface area contributed by atoms with Gasteiger partial charge in [-0.1, -0.05) is 59.2 Å². The molecule has 1 amide bonds. The zero-order chi connectivity index (χ0) is 21.4. The molecule has 0 unspecified atom stereocenters. The fourth-order valence-electron chi connectivity index (χ4n) is 3.33. The standard InChI is InChI=1S/C23H14ClN5O2/c24-16-5-3-4-15(12-16)23-26-22(29-31-23)20-18-7-2-1-6-17(18)19(27-28-20)13-8-10-14(11-9-13)21(25)30/h1-12H,(H2,25,30). The number of fused-ring (bicyclic) bond motifs is 1. The molecule has 0 atom stereocenters. The van der Waals surface area contributed by atoms with Gasteiger partial charge in [0.1, 0.15) is 11.4 Å². The highest BCUT2D eigenvalue weighted by Gasteiger charge is 2.18. The molecule has 5 rings (SSSR count). The number of halogens is 1. The van der Waals surface area contributed by atoms with Gasteiger partial charge in [0.15, 0.2) is 0 Å². The van der Waals surface area contributed by atoms with Crippen molar-refractivity contribution in [1.82, 2.24) is 20.3 Å². The van der Waals surface area contributed by atoms with Crippen LogP contribution in [0.25, 0.3) is 45.0 Å². The van der Waals surface area contributed by atoms with Gasteiger partial charge in [0.2, 0.25) is 11.7 Å². The van der Waals surface area contributed by atoms with E-state index < -0.39 is 5.91 Å². The minimum absolute atomic E-state index is 0.328. The van der Waals surface area contributed by atoms with E-state index in [1.807, 2.05) is 36.4 Å². The number of carbonyl (C=O) groups is 1. The van der Waals surface area contributed by atoms with E-state index in [1.165, 1.54) is 0 Å². The van der Waals surface area contributed by atoms with Gasteiger partial charge in [0, 0.05) is 32.5 Å². The third-order valence-electron chi connectivity index (χ3n) is 4.84. The Labute approximate surface area is 181 Å². The van der Waals surface area contributed by atoms with E-state index in [-0.39, 0.29) is 0 Å². The highest BCUT2D eigenvalue weighted by Crippen LogP contribution is 2.32. The third-order valence-corrected chi connectivity index (χ3v) is 5.07. The lowest BCUT2D eigenvalue weighted by Crippen LogP contribution is -2.10. The van der Waals surface area contributed by atoms with E-state index in [4.69, 9.17) is 21.9 Å². The molecule has 0 aliphatic carbocycles. The Hall–Kier alpha value is -4.10. The highest BCUT2D eigenvalue weighted by molar-refractivity contribution is 6.30. The van der Waals surface area contributed by atoms with Crippen molar-refractivity contribution in [3.8, 4) is 34.2 Å². The summed E-state index contributed by atoms with van der Waals surface area (Å²) in [6.07, 6.45) is 0. The predicted molar refractivity (Wildman–Crippen MR) is 117 cm³/mol. The number of primary amides is 1. The smallest absolute Gasteiger partial charge is 0.258 e. The highest BCUT2D eigenvalue weighted by atomic mass is 35.5. The van der Waals surface area contributed by atoms with Gasteiger partial charge in [0.25, 0.3) is 5.89 Å². The number of amides is 1. The summed E-state index contributed by atoms with van der Waals surface area (Å²) in [4.78, 5) is 15.8. The van der Waals surface area contributed by atoms with Crippen LogP contribution in [-0.2, 0) is 0 Å². The molecule has 2 N–H and O–H groups in total. The number of nitrogens with two attached hydrogens (primary N) is 1. The minimum Gasteiger partial charge on any atom is -0.366 e. The number of carbonyl (C=O) groups excluding carboxylic acids is 1. The molecule has 0 saturated carbocycles. The van der Waals surface area contributed by atoms with Crippen molar-refractivity contribution in [2.24, 2.45) is 5.73 Å². The molecule has 2 heterocycles. The lowest BCUT2D eigenvalue weighted by Gasteiger charge is -2.08. The van der Waals surface area contributed by atoms with Gasteiger partial charge in [-0.15, -0.1) is 10.2 Å². The van der Waals surface area contributed by atoms with E-state index in [0.717, 1.165) is 21.9 Å². The van der Waals surface area contributed by atoms with Gasteiger partial charge in [-0.25, -0.2) is 0 Å². The maximum absolute atomic E-state index is 11.3. The first-order valence-corrected chi connectivity index (χ1v) is 9.73. The van der Waals surface area contributed by atoms with Crippen molar-refractivity contribution in [3.63, 3.8) is 0 Å². The monoisotopic (exact) mass is 427 g/mol. The zero-order valence-corrected chi connectivity index (χ0v) is 16.7. The molecule has 7 nitrogen and oxygen atoms in total. The molecule has 150 valence electrons. The van der Waals surface area contributed by atoms with Crippen LogP contribution in [0.15, 0.2) is 77.3 Å². The Balaban J connectivity index is 1.61.